The lowest BCUT2D eigenvalue weighted by Crippen LogP contribution is -2.45. The third-order valence-electron chi connectivity index (χ3n) is 18.7. The summed E-state index contributed by atoms with van der Waals surface area (Å²) in [5.41, 5.74) is 0. The number of nitrogens with one attached hydrogen (secondary N) is 1. The first-order valence-electron chi connectivity index (χ1n) is 39.0. The van der Waals surface area contributed by atoms with E-state index >= 15 is 0 Å². The quantitative estimate of drug-likeness (QED) is 0.0420. The van der Waals surface area contributed by atoms with Crippen LogP contribution in [0.5, 0.6) is 0 Å². The van der Waals surface area contributed by atoms with Crippen molar-refractivity contribution in [3.05, 3.63) is 24.3 Å². The fourth-order valence-corrected chi connectivity index (χ4v) is 12.8. The molecule has 0 saturated heterocycles. The Morgan fingerprint density at radius 1 is 0.289 bits per heavy atom. The van der Waals surface area contributed by atoms with Crippen molar-refractivity contribution in [2.24, 2.45) is 0 Å². The van der Waals surface area contributed by atoms with E-state index in [1.807, 2.05) is 0 Å². The molecule has 83 heavy (non-hydrogen) atoms. The first-order valence-corrected chi connectivity index (χ1v) is 39.0. The van der Waals surface area contributed by atoms with Crippen molar-refractivity contribution in [1.82, 2.24) is 5.32 Å². The number of hydrogen-bond donors (Lipinski definition) is 3. The monoisotopic (exact) mass is 1170 g/mol. The number of rotatable bonds is 74. The molecule has 0 rings (SSSR count). The van der Waals surface area contributed by atoms with Gasteiger partial charge < -0.3 is 15.5 Å². The molecule has 4 nitrogen and oxygen atoms in total. The fraction of sp³-hybridized carbons (Fsp3) is 0.937. The van der Waals surface area contributed by atoms with Gasteiger partial charge in [-0.05, 0) is 44.9 Å². The molecule has 3 N–H and O–H groups in total. The maximum Gasteiger partial charge on any atom is 0.220 e. The van der Waals surface area contributed by atoms with Gasteiger partial charge in [-0.1, -0.05) is 430 Å². The van der Waals surface area contributed by atoms with Gasteiger partial charge in [0.2, 0.25) is 5.91 Å². The van der Waals surface area contributed by atoms with Crippen LogP contribution in [-0.4, -0.2) is 34.9 Å². The number of unbranched alkanes of at least 4 members (excludes halogenated alkanes) is 63. The molecule has 0 heterocycles. The standard InChI is InChI=1S/C79H155NO3/c1-3-5-7-9-11-13-15-17-19-21-23-25-27-29-31-33-35-37-38-39-40-41-42-43-45-47-49-51-53-55-57-59-61-63-65-67-69-71-73-75-79(83)80-77(76-81)78(82)74-72-70-68-66-64-62-60-58-56-54-52-50-48-46-44-36-34-32-30-28-26-24-22-20-18-16-14-12-10-8-6-4-2/h15,17,21,23,77-78,81-82H,3-14,16,18-20,22,24-76H2,1-2H3,(H,80,83)/b17-15-,23-21-. The van der Waals surface area contributed by atoms with Crippen molar-refractivity contribution in [3.8, 4) is 0 Å². The number of aliphatic hydroxyl groups is 2. The highest BCUT2D eigenvalue weighted by molar-refractivity contribution is 5.76. The molecule has 0 aromatic carbocycles. The zero-order valence-corrected chi connectivity index (χ0v) is 57.3. The van der Waals surface area contributed by atoms with Crippen LogP contribution in [0.25, 0.3) is 0 Å². The average molecular weight is 1170 g/mol. The maximum absolute atomic E-state index is 12.6. The van der Waals surface area contributed by atoms with Crippen LogP contribution >= 0.6 is 0 Å². The van der Waals surface area contributed by atoms with Crippen LogP contribution in [0, 0.1) is 0 Å². The van der Waals surface area contributed by atoms with E-state index in [1.54, 1.807) is 0 Å². The molecule has 0 radical (unpaired) electrons. The van der Waals surface area contributed by atoms with Gasteiger partial charge in [-0.2, -0.15) is 0 Å². The van der Waals surface area contributed by atoms with E-state index in [2.05, 4.69) is 43.5 Å². The Morgan fingerprint density at radius 2 is 0.494 bits per heavy atom. The predicted molar refractivity (Wildman–Crippen MR) is 373 cm³/mol. The first kappa shape index (κ1) is 81.9. The molecular formula is C79H155NO3. The normalized spacial score (nSPS) is 12.7. The first-order chi connectivity index (χ1) is 41.2. The number of allylic oxidation sites excluding steroid dienone is 4. The molecule has 2 unspecified atom stereocenters. The molecule has 2 atom stereocenters. The largest absolute Gasteiger partial charge is 0.394 e. The van der Waals surface area contributed by atoms with Gasteiger partial charge in [-0.3, -0.25) is 4.79 Å². The lowest BCUT2D eigenvalue weighted by Gasteiger charge is -2.22. The van der Waals surface area contributed by atoms with Gasteiger partial charge in [0.1, 0.15) is 0 Å². The van der Waals surface area contributed by atoms with Gasteiger partial charge in [0.15, 0.2) is 0 Å². The smallest absolute Gasteiger partial charge is 0.220 e. The second-order valence-electron chi connectivity index (χ2n) is 27.1. The molecule has 0 aromatic rings. The van der Waals surface area contributed by atoms with E-state index < -0.39 is 12.1 Å². The van der Waals surface area contributed by atoms with Gasteiger partial charge in [0, 0.05) is 6.42 Å². The summed E-state index contributed by atoms with van der Waals surface area (Å²) in [6.45, 7) is 4.40. The topological polar surface area (TPSA) is 69.6 Å². The Kier molecular flexibility index (Phi) is 74.1. The summed E-state index contributed by atoms with van der Waals surface area (Å²) in [7, 11) is 0. The van der Waals surface area contributed by atoms with E-state index in [9.17, 15) is 15.0 Å². The zero-order valence-electron chi connectivity index (χ0n) is 57.3. The molecular weight excluding hydrogens is 1010 g/mol. The number of amides is 1. The van der Waals surface area contributed by atoms with Gasteiger partial charge in [0.05, 0.1) is 18.8 Å². The van der Waals surface area contributed by atoms with Crippen molar-refractivity contribution in [3.63, 3.8) is 0 Å². The molecule has 0 saturated carbocycles. The maximum atomic E-state index is 12.6. The highest BCUT2D eigenvalue weighted by atomic mass is 16.3. The van der Waals surface area contributed by atoms with Gasteiger partial charge in [-0.15, -0.1) is 0 Å². The number of aliphatic hydroxyl groups excluding tert-OH is 2. The zero-order chi connectivity index (χ0) is 59.8. The third-order valence-corrected chi connectivity index (χ3v) is 18.7. The molecule has 0 aromatic heterocycles. The molecule has 0 aliphatic carbocycles. The summed E-state index contributed by atoms with van der Waals surface area (Å²) in [4.78, 5) is 12.6. The van der Waals surface area contributed by atoms with Crippen LogP contribution in [-0.2, 0) is 4.79 Å². The van der Waals surface area contributed by atoms with E-state index in [0.717, 1.165) is 32.1 Å². The minimum absolute atomic E-state index is 0.0197. The van der Waals surface area contributed by atoms with E-state index in [4.69, 9.17) is 0 Å². The second-order valence-corrected chi connectivity index (χ2v) is 27.1. The van der Waals surface area contributed by atoms with Gasteiger partial charge >= 0.3 is 0 Å². The Labute approximate surface area is 523 Å². The van der Waals surface area contributed by atoms with Crippen molar-refractivity contribution in [1.29, 1.82) is 0 Å². The van der Waals surface area contributed by atoms with Crippen molar-refractivity contribution >= 4 is 5.91 Å². The molecule has 1 amide bonds. The van der Waals surface area contributed by atoms with E-state index in [1.165, 1.54) is 398 Å². The summed E-state index contributed by atoms with van der Waals surface area (Å²) in [5, 5.41) is 23.5. The summed E-state index contributed by atoms with van der Waals surface area (Å²) < 4.78 is 0. The molecule has 0 bridgehead atoms. The Bertz CT molecular complexity index is 1230. The predicted octanol–water partition coefficient (Wildman–Crippen LogP) is 26.9. The highest BCUT2D eigenvalue weighted by Crippen LogP contribution is 2.20. The van der Waals surface area contributed by atoms with Gasteiger partial charge in [0.25, 0.3) is 0 Å². The number of hydrogen-bond acceptors (Lipinski definition) is 3. The van der Waals surface area contributed by atoms with Crippen LogP contribution in [0.3, 0.4) is 0 Å². The lowest BCUT2D eigenvalue weighted by molar-refractivity contribution is -0.123. The Hall–Kier alpha value is -1.13. The van der Waals surface area contributed by atoms with Crippen LogP contribution in [0.2, 0.25) is 0 Å². The van der Waals surface area contributed by atoms with Crippen LogP contribution in [0.4, 0.5) is 0 Å². The van der Waals surface area contributed by atoms with Gasteiger partial charge in [-0.25, -0.2) is 0 Å². The Morgan fingerprint density at radius 3 is 0.723 bits per heavy atom. The minimum atomic E-state index is -0.659. The lowest BCUT2D eigenvalue weighted by atomic mass is 10.0. The summed E-state index contributed by atoms with van der Waals surface area (Å²) >= 11 is 0. The summed E-state index contributed by atoms with van der Waals surface area (Å²) in [5.74, 6) is -0.0197. The summed E-state index contributed by atoms with van der Waals surface area (Å²) in [6, 6.07) is -0.535. The van der Waals surface area contributed by atoms with Crippen molar-refractivity contribution in [2.75, 3.05) is 6.61 Å². The molecule has 0 fully saturated rings. The van der Waals surface area contributed by atoms with E-state index in [-0.39, 0.29) is 12.5 Å². The van der Waals surface area contributed by atoms with Crippen molar-refractivity contribution in [2.45, 2.75) is 469 Å². The number of carbonyl (C=O) groups is 1. The third kappa shape index (κ3) is 71.5. The Balaban J connectivity index is 3.35. The highest BCUT2D eigenvalue weighted by Gasteiger charge is 2.20. The van der Waals surface area contributed by atoms with Crippen LogP contribution in [0.1, 0.15) is 457 Å². The second kappa shape index (κ2) is 75.1. The minimum Gasteiger partial charge on any atom is -0.394 e. The van der Waals surface area contributed by atoms with E-state index in [0.29, 0.717) is 12.8 Å². The van der Waals surface area contributed by atoms with Crippen molar-refractivity contribution < 1.29 is 15.0 Å². The van der Waals surface area contributed by atoms with Crippen LogP contribution < -0.4 is 5.32 Å². The molecule has 0 aliphatic rings. The molecule has 0 aliphatic heterocycles. The molecule has 0 spiro atoms. The average Bonchev–Trinajstić information content (AvgIpc) is 3.51. The fourth-order valence-electron chi connectivity index (χ4n) is 12.8. The number of carbonyl (C=O) groups excluding carboxylic acids is 1. The molecule has 4 heteroatoms. The molecule has 494 valence electrons. The van der Waals surface area contributed by atoms with Crippen LogP contribution in [0.15, 0.2) is 24.3 Å². The summed E-state index contributed by atoms with van der Waals surface area (Å²) in [6.07, 6.45) is 103. The SMILES string of the molecule is CCCCCCC/C=C\C/C=C\CCCCCCCCCCCCCCCCCCCCCCCCCCCCCC(=O)NC(CO)C(O)CCCCCCCCCCCCCCCCCCCCCCCCCCCCCCCCCC.